The third-order valence-electron chi connectivity index (χ3n) is 3.97. The molecule has 0 aliphatic heterocycles. The summed E-state index contributed by atoms with van der Waals surface area (Å²) in [5.74, 6) is 1.56. The maximum Gasteiger partial charge on any atom is 0.230 e. The molecular weight excluding hydrogens is 446 g/mol. The minimum absolute atomic E-state index is 0.0718. The van der Waals surface area contributed by atoms with Crippen LogP contribution in [0.3, 0.4) is 0 Å². The molecule has 0 aliphatic carbocycles. The molecule has 1 aromatic carbocycles. The molecule has 31 heavy (non-hydrogen) atoms. The van der Waals surface area contributed by atoms with Crippen molar-refractivity contribution in [1.29, 1.82) is 0 Å². The molecule has 0 saturated carbocycles. The Balaban J connectivity index is 1.91. The molecule has 0 bridgehead atoms. The number of sulfonamides is 1. The Morgan fingerprint density at radius 3 is 2.68 bits per heavy atom. The molecule has 2 heterocycles. The Kier molecular flexibility index (Phi) is 6.83. The number of aromatic nitrogens is 4. The maximum absolute atomic E-state index is 11.7. The zero-order chi connectivity index (χ0) is 22.6. The number of aliphatic hydroxyl groups is 1. The van der Waals surface area contributed by atoms with Crippen molar-refractivity contribution in [3.05, 3.63) is 41.2 Å². The molecule has 3 rings (SSSR count). The molecule has 0 saturated heterocycles. The fourth-order valence-corrected chi connectivity index (χ4v) is 3.42. The van der Waals surface area contributed by atoms with Crippen molar-refractivity contribution in [2.24, 2.45) is 0 Å². The van der Waals surface area contributed by atoms with E-state index in [0.717, 1.165) is 11.9 Å². The number of nitrogens with zero attached hydrogens (tertiary/aromatic N) is 4. The molecule has 11 nitrogen and oxygen atoms in total. The standard InChI is InChI=1S/C18H22ClN7O4S/c1-11-8-16(26(24-11)6-7-27)22-18-20-10-13(19)17(23-18)21-14-5-4-12(30-2)9-15(14)25-31(3,28)29/h4-5,8-10,25,27H,6-7H2,1-3H3,(H2,20,21,22,23). The number of anilines is 5. The first-order valence-corrected chi connectivity index (χ1v) is 11.3. The van der Waals surface area contributed by atoms with Crippen LogP contribution in [0.4, 0.5) is 29.0 Å². The Morgan fingerprint density at radius 2 is 2.00 bits per heavy atom. The van der Waals surface area contributed by atoms with Crippen LogP contribution in [0.15, 0.2) is 30.5 Å². The van der Waals surface area contributed by atoms with Crippen LogP contribution in [-0.4, -0.2) is 53.2 Å². The van der Waals surface area contributed by atoms with Crippen molar-refractivity contribution in [3.8, 4) is 5.75 Å². The number of hydrogen-bond donors (Lipinski definition) is 4. The third-order valence-corrected chi connectivity index (χ3v) is 4.84. The molecule has 0 unspecified atom stereocenters. The van der Waals surface area contributed by atoms with Gasteiger partial charge in [0.2, 0.25) is 16.0 Å². The van der Waals surface area contributed by atoms with Gasteiger partial charge in [0.1, 0.15) is 16.6 Å². The van der Waals surface area contributed by atoms with E-state index in [9.17, 15) is 13.5 Å². The number of ether oxygens (including phenoxy) is 1. The van der Waals surface area contributed by atoms with E-state index in [1.807, 2.05) is 6.92 Å². The number of aliphatic hydroxyl groups excluding tert-OH is 1. The molecule has 0 radical (unpaired) electrons. The Labute approximate surface area is 184 Å². The molecule has 2 aromatic heterocycles. The normalized spacial score (nSPS) is 11.3. The predicted molar refractivity (Wildman–Crippen MR) is 119 cm³/mol. The van der Waals surface area contributed by atoms with Gasteiger partial charge < -0.3 is 20.5 Å². The van der Waals surface area contributed by atoms with Crippen LogP contribution < -0.4 is 20.1 Å². The number of aryl methyl sites for hydroxylation is 1. The number of hydrogen-bond acceptors (Lipinski definition) is 9. The second-order valence-corrected chi connectivity index (χ2v) is 8.70. The quantitative estimate of drug-likeness (QED) is 0.373. The lowest BCUT2D eigenvalue weighted by Crippen LogP contribution is -2.12. The predicted octanol–water partition coefficient (Wildman–Crippen LogP) is 2.49. The van der Waals surface area contributed by atoms with Crippen LogP contribution in [0.25, 0.3) is 0 Å². The van der Waals surface area contributed by atoms with Gasteiger partial charge in [-0.25, -0.2) is 18.1 Å². The van der Waals surface area contributed by atoms with Crippen LogP contribution in [-0.2, 0) is 16.6 Å². The van der Waals surface area contributed by atoms with Gasteiger partial charge in [-0.15, -0.1) is 0 Å². The SMILES string of the molecule is COc1ccc(Nc2nc(Nc3cc(C)nn3CCO)ncc2Cl)c(NS(C)(=O)=O)c1. The van der Waals surface area contributed by atoms with Gasteiger partial charge in [0.25, 0.3) is 0 Å². The van der Waals surface area contributed by atoms with E-state index < -0.39 is 10.0 Å². The molecule has 0 spiro atoms. The number of halogens is 1. The fourth-order valence-electron chi connectivity index (χ4n) is 2.71. The zero-order valence-electron chi connectivity index (χ0n) is 17.0. The molecule has 0 fully saturated rings. The highest BCUT2D eigenvalue weighted by Gasteiger charge is 2.14. The third kappa shape index (κ3) is 5.96. The van der Waals surface area contributed by atoms with Gasteiger partial charge in [-0.05, 0) is 19.1 Å². The van der Waals surface area contributed by atoms with E-state index in [0.29, 0.717) is 23.8 Å². The topological polar surface area (TPSA) is 143 Å². The lowest BCUT2D eigenvalue weighted by Gasteiger charge is -2.15. The number of benzene rings is 1. The summed E-state index contributed by atoms with van der Waals surface area (Å²) in [5, 5.41) is 19.8. The highest BCUT2D eigenvalue weighted by molar-refractivity contribution is 7.92. The highest BCUT2D eigenvalue weighted by atomic mass is 35.5. The van der Waals surface area contributed by atoms with Crippen LogP contribution in [0, 0.1) is 6.92 Å². The smallest absolute Gasteiger partial charge is 0.230 e. The number of rotatable bonds is 9. The lowest BCUT2D eigenvalue weighted by atomic mass is 10.2. The summed E-state index contributed by atoms with van der Waals surface area (Å²) in [5.41, 5.74) is 1.44. The van der Waals surface area contributed by atoms with E-state index in [2.05, 4.69) is 30.4 Å². The van der Waals surface area contributed by atoms with E-state index in [4.69, 9.17) is 16.3 Å². The number of methoxy groups -OCH3 is 1. The summed E-state index contributed by atoms with van der Waals surface area (Å²) < 4.78 is 32.7. The summed E-state index contributed by atoms with van der Waals surface area (Å²) in [6.45, 7) is 2.06. The summed E-state index contributed by atoms with van der Waals surface area (Å²) in [6, 6.07) is 6.63. The van der Waals surface area contributed by atoms with Gasteiger partial charge in [0.15, 0.2) is 5.82 Å². The second-order valence-electron chi connectivity index (χ2n) is 6.54. The summed E-state index contributed by atoms with van der Waals surface area (Å²) in [6.07, 6.45) is 2.46. The average molecular weight is 468 g/mol. The minimum Gasteiger partial charge on any atom is -0.497 e. The molecule has 0 aliphatic rings. The first-order valence-electron chi connectivity index (χ1n) is 9.06. The molecule has 3 aromatic rings. The molecule has 0 amide bonds. The van der Waals surface area contributed by atoms with Gasteiger partial charge in [-0.3, -0.25) is 4.72 Å². The Hall–Kier alpha value is -3.09. The molecule has 4 N–H and O–H groups in total. The van der Waals surface area contributed by atoms with Crippen molar-refractivity contribution >= 4 is 50.6 Å². The Morgan fingerprint density at radius 1 is 1.23 bits per heavy atom. The van der Waals surface area contributed by atoms with Gasteiger partial charge in [0.05, 0.1) is 49.8 Å². The molecule has 166 valence electrons. The summed E-state index contributed by atoms with van der Waals surface area (Å²) in [7, 11) is -2.06. The number of nitrogens with one attached hydrogen (secondary N) is 3. The van der Waals surface area contributed by atoms with Crippen molar-refractivity contribution in [1.82, 2.24) is 19.7 Å². The monoisotopic (exact) mass is 467 g/mol. The average Bonchev–Trinajstić information content (AvgIpc) is 3.03. The summed E-state index contributed by atoms with van der Waals surface area (Å²) >= 11 is 6.25. The van der Waals surface area contributed by atoms with Gasteiger partial charge in [-0.1, -0.05) is 11.6 Å². The van der Waals surface area contributed by atoms with E-state index in [-0.39, 0.29) is 29.1 Å². The Bertz CT molecular complexity index is 1180. The largest absolute Gasteiger partial charge is 0.497 e. The first kappa shape index (κ1) is 22.6. The minimum atomic E-state index is -3.54. The van der Waals surface area contributed by atoms with E-state index in [1.54, 1.807) is 22.9 Å². The summed E-state index contributed by atoms with van der Waals surface area (Å²) in [4.78, 5) is 8.54. The second kappa shape index (κ2) is 9.37. The molecular formula is C18H22ClN7O4S. The van der Waals surface area contributed by atoms with Crippen LogP contribution in [0.5, 0.6) is 5.75 Å². The first-order chi connectivity index (χ1) is 14.7. The van der Waals surface area contributed by atoms with E-state index >= 15 is 0 Å². The molecule has 0 atom stereocenters. The fraction of sp³-hybridized carbons (Fsp3) is 0.278. The van der Waals surface area contributed by atoms with Crippen LogP contribution in [0.2, 0.25) is 5.02 Å². The lowest BCUT2D eigenvalue weighted by molar-refractivity contribution is 0.270. The van der Waals surface area contributed by atoms with Crippen molar-refractivity contribution in [2.75, 3.05) is 35.3 Å². The molecule has 13 heteroatoms. The van der Waals surface area contributed by atoms with Gasteiger partial charge >= 0.3 is 0 Å². The van der Waals surface area contributed by atoms with Gasteiger partial charge in [0, 0.05) is 12.1 Å². The van der Waals surface area contributed by atoms with Crippen molar-refractivity contribution in [3.63, 3.8) is 0 Å². The van der Waals surface area contributed by atoms with Crippen molar-refractivity contribution < 1.29 is 18.3 Å². The van der Waals surface area contributed by atoms with Crippen molar-refractivity contribution in [2.45, 2.75) is 13.5 Å². The zero-order valence-corrected chi connectivity index (χ0v) is 18.6. The van der Waals surface area contributed by atoms with Crippen LogP contribution >= 0.6 is 11.6 Å². The van der Waals surface area contributed by atoms with E-state index in [1.165, 1.54) is 19.4 Å². The maximum atomic E-state index is 11.7. The van der Waals surface area contributed by atoms with Gasteiger partial charge in [-0.2, -0.15) is 10.1 Å². The van der Waals surface area contributed by atoms with Crippen LogP contribution in [0.1, 0.15) is 5.69 Å². The highest BCUT2D eigenvalue weighted by Crippen LogP contribution is 2.32.